The van der Waals surface area contributed by atoms with Crippen LogP contribution in [-0.2, 0) is 9.59 Å². The maximum absolute atomic E-state index is 8.24. The van der Waals surface area contributed by atoms with Crippen LogP contribution in [0.5, 0.6) is 0 Å². The molecule has 0 aromatic heterocycles. The van der Waals surface area contributed by atoms with Crippen molar-refractivity contribution < 1.29 is 9.59 Å². The highest BCUT2D eigenvalue weighted by Crippen LogP contribution is 1.36. The Hall–Kier alpha value is -1.02. The Labute approximate surface area is 56.1 Å². The lowest BCUT2D eigenvalue weighted by Crippen LogP contribution is -1.53. The van der Waals surface area contributed by atoms with Gasteiger partial charge in [-0.1, -0.05) is 13.1 Å². The minimum atomic E-state index is 0.500. The molecule has 0 aromatic rings. The first-order chi connectivity index (χ1) is 4.24. The van der Waals surface area contributed by atoms with Crippen molar-refractivity contribution in [3.05, 3.63) is 10.8 Å². The molecular formula is C4H6N2O2Si-2. The number of hydrogen-bond acceptors (Lipinski definition) is 2. The van der Waals surface area contributed by atoms with Gasteiger partial charge in [-0.25, -0.2) is 0 Å². The molecule has 9 heavy (non-hydrogen) atoms. The lowest BCUT2D eigenvalue weighted by Gasteiger charge is -1.44. The average Bonchev–Trinajstić information content (AvgIpc) is 1.70. The number of hydrogen-bond donors (Lipinski definition) is 0. The van der Waals surface area contributed by atoms with Gasteiger partial charge in [-0.15, -0.1) is 0 Å². The summed E-state index contributed by atoms with van der Waals surface area (Å²) in [5.41, 5.74) is 0. The highest BCUT2D eigenvalue weighted by Gasteiger charge is 1.39. The summed E-state index contributed by atoms with van der Waals surface area (Å²) in [6.45, 7) is 4.31. The van der Waals surface area contributed by atoms with E-state index in [1.165, 1.54) is 0 Å². The van der Waals surface area contributed by atoms with E-state index in [1.807, 2.05) is 0 Å². The van der Waals surface area contributed by atoms with Gasteiger partial charge in [-0.05, 0) is 12.2 Å². The zero-order valence-electron chi connectivity index (χ0n) is 5.21. The predicted octanol–water partition coefficient (Wildman–Crippen LogP) is 0.570. The fraction of sp³-hybridized carbons (Fsp3) is 0.500. The van der Waals surface area contributed by atoms with Crippen molar-refractivity contribution in [2.45, 2.75) is 13.1 Å². The molecule has 0 spiro atoms. The maximum atomic E-state index is 8.24. The third-order valence-corrected chi connectivity index (χ3v) is 0. The maximum Gasteiger partial charge on any atom is 0.0307 e. The summed E-state index contributed by atoms with van der Waals surface area (Å²) in [5, 5.41) is 13.5. The van der Waals surface area contributed by atoms with Crippen molar-refractivity contribution in [2.75, 3.05) is 0 Å². The average molecular weight is 142 g/mol. The highest BCUT2D eigenvalue weighted by atomic mass is 28.2. The van der Waals surface area contributed by atoms with Crippen LogP contribution in [-0.4, -0.2) is 21.7 Å². The second kappa shape index (κ2) is 63.8. The Balaban J connectivity index is -0.0000000600. The van der Waals surface area contributed by atoms with E-state index < -0.39 is 0 Å². The molecule has 5 heteroatoms. The van der Waals surface area contributed by atoms with Crippen LogP contribution in [0.1, 0.15) is 0 Å². The second-order valence-electron chi connectivity index (χ2n) is 0.683. The van der Waals surface area contributed by atoms with Gasteiger partial charge in [-0.3, -0.25) is 9.59 Å². The Kier molecular flexibility index (Phi) is 111. The Morgan fingerprint density at radius 2 is 1.11 bits per heavy atom. The molecule has 0 rings (SSSR count). The normalized spacial score (nSPS) is 3.78. The molecule has 2 radical (unpaired) electrons. The number of nitrogens with zero attached hydrogens (tertiary/aromatic N) is 2. The van der Waals surface area contributed by atoms with E-state index in [-0.39, 0.29) is 0 Å². The highest BCUT2D eigenvalue weighted by molar-refractivity contribution is 6.31. The molecule has 0 bridgehead atoms. The van der Waals surface area contributed by atoms with Gasteiger partial charge in [0.15, 0.2) is 0 Å². The minimum absolute atomic E-state index is 0.500. The molecule has 0 saturated carbocycles. The van der Waals surface area contributed by atoms with Crippen LogP contribution in [0, 0.1) is 0 Å². The fourth-order valence-electron chi connectivity index (χ4n) is 0. The smallest absolute Gasteiger partial charge is 0.0307 e. The summed E-state index contributed by atoms with van der Waals surface area (Å²) >= 11 is 0. The lowest BCUT2D eigenvalue weighted by atomic mass is 11.7. The van der Waals surface area contributed by atoms with Crippen LogP contribution in [0.25, 0.3) is 10.8 Å². The molecule has 0 fully saturated rings. The zero-order chi connectivity index (χ0) is 8.12. The molecule has 0 saturated heterocycles. The predicted molar refractivity (Wildman–Crippen MR) is 35.6 cm³/mol. The third-order valence-electron chi connectivity index (χ3n) is 0. The first-order valence-electron chi connectivity index (χ1n) is 1.86. The SMILES string of the molecule is C[Si]C.[N-]=C=O.[N-]=C=O. The van der Waals surface area contributed by atoms with Crippen LogP contribution in [0.3, 0.4) is 0 Å². The fourth-order valence-corrected chi connectivity index (χ4v) is 0. The van der Waals surface area contributed by atoms with Crippen molar-refractivity contribution in [1.29, 1.82) is 0 Å². The van der Waals surface area contributed by atoms with Crippen LogP contribution < -0.4 is 0 Å². The molecule has 0 aliphatic heterocycles. The topological polar surface area (TPSA) is 78.7 Å². The van der Waals surface area contributed by atoms with E-state index >= 15 is 0 Å². The van der Waals surface area contributed by atoms with E-state index in [1.54, 1.807) is 0 Å². The first kappa shape index (κ1) is 15.7. The summed E-state index contributed by atoms with van der Waals surface area (Å²) in [6.07, 6.45) is 1.00. The van der Waals surface area contributed by atoms with Gasteiger partial charge < -0.3 is 10.8 Å². The Bertz CT molecular complexity index is 80.7. The summed E-state index contributed by atoms with van der Waals surface area (Å²) in [4.78, 5) is 16.5. The second-order valence-corrected chi connectivity index (χ2v) is 1.68. The molecule has 0 atom stereocenters. The van der Waals surface area contributed by atoms with Gasteiger partial charge in [0.05, 0.1) is 0 Å². The van der Waals surface area contributed by atoms with Gasteiger partial charge >= 0.3 is 0 Å². The molecule has 0 N–H and O–H groups in total. The van der Waals surface area contributed by atoms with Gasteiger partial charge in [0.2, 0.25) is 0 Å². The van der Waals surface area contributed by atoms with Gasteiger partial charge in [0, 0.05) is 9.52 Å². The monoisotopic (exact) mass is 142 g/mol. The molecule has 0 aliphatic rings. The first-order valence-corrected chi connectivity index (χ1v) is 3.86. The minimum Gasteiger partial charge on any atom is -0.724 e. The van der Waals surface area contributed by atoms with Crippen molar-refractivity contribution in [3.8, 4) is 0 Å². The molecule has 0 aliphatic carbocycles. The van der Waals surface area contributed by atoms with Crippen molar-refractivity contribution in [1.82, 2.24) is 0 Å². The number of rotatable bonds is 0. The van der Waals surface area contributed by atoms with Gasteiger partial charge in [-0.2, -0.15) is 0 Å². The van der Waals surface area contributed by atoms with Crippen LogP contribution in [0.15, 0.2) is 0 Å². The standard InChI is InChI=1S/C2H6Si.2CNO/c1-3-2;2*2-1-3/h1-2H3;;/q;2*-1. The summed E-state index contributed by atoms with van der Waals surface area (Å²) in [5.74, 6) is 0. The Morgan fingerprint density at radius 3 is 1.11 bits per heavy atom. The largest absolute Gasteiger partial charge is 0.724 e. The molecule has 0 heterocycles. The summed E-state index contributed by atoms with van der Waals surface area (Å²) in [7, 11) is 1.08. The van der Waals surface area contributed by atoms with Gasteiger partial charge in [0.25, 0.3) is 0 Å². The quantitative estimate of drug-likeness (QED) is 0.281. The summed E-state index contributed by atoms with van der Waals surface area (Å²) < 4.78 is 0. The molecule has 0 unspecified atom stereocenters. The van der Waals surface area contributed by atoms with Crippen molar-refractivity contribution in [3.63, 3.8) is 0 Å². The van der Waals surface area contributed by atoms with Gasteiger partial charge in [0.1, 0.15) is 0 Å². The molecule has 0 amide bonds. The van der Waals surface area contributed by atoms with Crippen molar-refractivity contribution in [2.24, 2.45) is 0 Å². The lowest BCUT2D eigenvalue weighted by molar-refractivity contribution is 0.568. The summed E-state index contributed by atoms with van der Waals surface area (Å²) in [6, 6.07) is 0. The zero-order valence-corrected chi connectivity index (χ0v) is 6.21. The third kappa shape index (κ3) is 165. The molecule has 0 aromatic carbocycles. The number of carbonyl (C=O) groups excluding carboxylic acids is 2. The molecule has 50 valence electrons. The molecule has 4 nitrogen and oxygen atoms in total. The molecular weight excluding hydrogens is 136 g/mol. The van der Waals surface area contributed by atoms with Crippen LogP contribution in [0.2, 0.25) is 13.1 Å². The van der Waals surface area contributed by atoms with Crippen LogP contribution in [0.4, 0.5) is 0 Å². The van der Waals surface area contributed by atoms with E-state index in [4.69, 9.17) is 20.4 Å². The van der Waals surface area contributed by atoms with Crippen molar-refractivity contribution >= 4 is 21.7 Å². The Morgan fingerprint density at radius 1 is 1.11 bits per heavy atom. The van der Waals surface area contributed by atoms with E-state index in [0.29, 0.717) is 12.2 Å². The van der Waals surface area contributed by atoms with E-state index in [0.717, 1.165) is 9.52 Å². The van der Waals surface area contributed by atoms with E-state index in [2.05, 4.69) is 13.1 Å². The van der Waals surface area contributed by atoms with E-state index in [9.17, 15) is 0 Å². The number of isocyanates is 2. The van der Waals surface area contributed by atoms with Crippen LogP contribution >= 0.6 is 0 Å².